The van der Waals surface area contributed by atoms with Crippen LogP contribution in [-0.4, -0.2) is 34.1 Å². The van der Waals surface area contributed by atoms with Gasteiger partial charge in [-0.05, 0) is 31.7 Å². The Bertz CT molecular complexity index is 454. The van der Waals surface area contributed by atoms with E-state index in [0.717, 1.165) is 31.8 Å². The molecule has 0 aliphatic carbocycles. The Morgan fingerprint density at radius 1 is 1.42 bits per heavy atom. The van der Waals surface area contributed by atoms with E-state index in [1.807, 2.05) is 0 Å². The highest BCUT2D eigenvalue weighted by atomic mass is 16.4. The molecule has 1 aliphatic rings. The molecule has 0 bridgehead atoms. The van der Waals surface area contributed by atoms with Crippen LogP contribution in [-0.2, 0) is 0 Å². The predicted molar refractivity (Wildman–Crippen MR) is 73.6 cm³/mol. The zero-order chi connectivity index (χ0) is 13.8. The highest BCUT2D eigenvalue weighted by Crippen LogP contribution is 2.24. The lowest BCUT2D eigenvalue weighted by Crippen LogP contribution is -2.35. The van der Waals surface area contributed by atoms with Crippen LogP contribution in [0.25, 0.3) is 0 Å². The summed E-state index contributed by atoms with van der Waals surface area (Å²) in [6.45, 7) is 5.87. The maximum Gasteiger partial charge on any atom is 0.354 e. The highest BCUT2D eigenvalue weighted by Gasteiger charge is 2.21. The number of hydrogen-bond acceptors (Lipinski definition) is 4. The first-order chi connectivity index (χ1) is 9.10. The van der Waals surface area contributed by atoms with Gasteiger partial charge in [0.15, 0.2) is 5.69 Å². The van der Waals surface area contributed by atoms with Gasteiger partial charge in [-0.15, -0.1) is 0 Å². The average Bonchev–Trinajstić information content (AvgIpc) is 2.39. The normalized spacial score (nSPS) is 16.6. The molecule has 0 amide bonds. The first-order valence-electron chi connectivity index (χ1n) is 6.94. The van der Waals surface area contributed by atoms with Crippen LogP contribution in [0, 0.1) is 12.8 Å². The Kier molecular flexibility index (Phi) is 4.35. The summed E-state index contributed by atoms with van der Waals surface area (Å²) in [7, 11) is 0. The van der Waals surface area contributed by atoms with Gasteiger partial charge in [-0.3, -0.25) is 0 Å². The molecule has 1 N–H and O–H groups in total. The van der Waals surface area contributed by atoms with Crippen molar-refractivity contribution in [1.82, 2.24) is 9.97 Å². The molecule has 1 aromatic rings. The summed E-state index contributed by atoms with van der Waals surface area (Å²) in [5.41, 5.74) is 0.788. The van der Waals surface area contributed by atoms with Gasteiger partial charge in [-0.2, -0.15) is 0 Å². The van der Waals surface area contributed by atoms with E-state index in [1.165, 1.54) is 18.9 Å². The van der Waals surface area contributed by atoms with Gasteiger partial charge in [0.2, 0.25) is 5.95 Å². The first-order valence-corrected chi connectivity index (χ1v) is 6.94. The summed E-state index contributed by atoms with van der Waals surface area (Å²) in [5.74, 6) is 0.366. The van der Waals surface area contributed by atoms with Gasteiger partial charge in [0.05, 0.1) is 0 Å². The molecule has 5 nitrogen and oxygen atoms in total. The third-order valence-corrected chi connectivity index (χ3v) is 3.66. The lowest BCUT2D eigenvalue weighted by atomic mass is 9.93. The Morgan fingerprint density at radius 2 is 2.11 bits per heavy atom. The van der Waals surface area contributed by atoms with Crippen molar-refractivity contribution in [3.05, 3.63) is 17.5 Å². The van der Waals surface area contributed by atoms with Crippen LogP contribution in [0.4, 0.5) is 5.95 Å². The molecule has 5 heteroatoms. The minimum Gasteiger partial charge on any atom is -0.477 e. The van der Waals surface area contributed by atoms with Gasteiger partial charge in [0.25, 0.3) is 0 Å². The molecule has 2 heterocycles. The van der Waals surface area contributed by atoms with E-state index in [9.17, 15) is 4.79 Å². The van der Waals surface area contributed by atoms with Crippen molar-refractivity contribution in [3.8, 4) is 0 Å². The van der Waals surface area contributed by atoms with Crippen LogP contribution < -0.4 is 4.90 Å². The van der Waals surface area contributed by atoms with Crippen LogP contribution >= 0.6 is 0 Å². The lowest BCUT2D eigenvalue weighted by molar-refractivity contribution is 0.0690. The molecule has 0 unspecified atom stereocenters. The molecule has 19 heavy (non-hydrogen) atoms. The quantitative estimate of drug-likeness (QED) is 0.904. The molecule has 0 aromatic carbocycles. The van der Waals surface area contributed by atoms with Gasteiger partial charge in [-0.1, -0.05) is 19.8 Å². The van der Waals surface area contributed by atoms with Crippen molar-refractivity contribution in [2.75, 3.05) is 18.0 Å². The van der Waals surface area contributed by atoms with Crippen molar-refractivity contribution in [2.24, 2.45) is 5.92 Å². The highest BCUT2D eigenvalue weighted by molar-refractivity contribution is 5.85. The number of aromatic carboxylic acids is 1. The number of nitrogens with zero attached hydrogens (tertiary/aromatic N) is 3. The van der Waals surface area contributed by atoms with E-state index in [4.69, 9.17) is 5.11 Å². The fraction of sp³-hybridized carbons (Fsp3) is 0.643. The molecule has 0 atom stereocenters. The van der Waals surface area contributed by atoms with E-state index < -0.39 is 5.97 Å². The number of rotatable bonds is 4. The second-order valence-corrected chi connectivity index (χ2v) is 5.22. The Hall–Kier alpha value is -1.65. The van der Waals surface area contributed by atoms with E-state index in [-0.39, 0.29) is 5.69 Å². The maximum atomic E-state index is 11.0. The van der Waals surface area contributed by atoms with Gasteiger partial charge in [0, 0.05) is 18.8 Å². The minimum atomic E-state index is -0.993. The van der Waals surface area contributed by atoms with E-state index in [2.05, 4.69) is 21.8 Å². The van der Waals surface area contributed by atoms with Crippen LogP contribution in [0.15, 0.2) is 6.07 Å². The fourth-order valence-corrected chi connectivity index (χ4v) is 2.63. The number of aromatic nitrogens is 2. The topological polar surface area (TPSA) is 66.3 Å². The monoisotopic (exact) mass is 263 g/mol. The zero-order valence-electron chi connectivity index (χ0n) is 11.6. The molecule has 2 rings (SSSR count). The van der Waals surface area contributed by atoms with Crippen LogP contribution in [0.3, 0.4) is 0 Å². The largest absolute Gasteiger partial charge is 0.477 e. The molecule has 104 valence electrons. The molecular weight excluding hydrogens is 242 g/mol. The summed E-state index contributed by atoms with van der Waals surface area (Å²) in [6.07, 6.45) is 4.80. The van der Waals surface area contributed by atoms with Crippen LogP contribution in [0.1, 0.15) is 48.8 Å². The van der Waals surface area contributed by atoms with Crippen molar-refractivity contribution in [3.63, 3.8) is 0 Å². The minimum absolute atomic E-state index is 0.0816. The third-order valence-electron chi connectivity index (χ3n) is 3.66. The lowest BCUT2D eigenvalue weighted by Gasteiger charge is -2.32. The first kappa shape index (κ1) is 13.8. The Morgan fingerprint density at radius 3 is 2.68 bits per heavy atom. The molecule has 1 saturated heterocycles. The number of carbonyl (C=O) groups is 1. The summed E-state index contributed by atoms with van der Waals surface area (Å²) >= 11 is 0. The summed E-state index contributed by atoms with van der Waals surface area (Å²) in [4.78, 5) is 21.6. The second kappa shape index (κ2) is 5.99. The number of aryl methyl sites for hydroxylation is 1. The Labute approximate surface area is 113 Å². The molecule has 1 aliphatic heterocycles. The molecule has 0 saturated carbocycles. The molecule has 0 spiro atoms. The summed E-state index contributed by atoms with van der Waals surface area (Å²) in [6, 6.07) is 1.51. The number of carboxylic acids is 1. The van der Waals surface area contributed by atoms with Crippen molar-refractivity contribution < 1.29 is 9.90 Å². The maximum absolute atomic E-state index is 11.0. The number of hydrogen-bond donors (Lipinski definition) is 1. The SMILES string of the molecule is CCCC1CCN(c2nc(C)cc(C(=O)O)n2)CC1. The van der Waals surface area contributed by atoms with E-state index in [0.29, 0.717) is 11.6 Å². The number of piperidine rings is 1. The van der Waals surface area contributed by atoms with E-state index in [1.54, 1.807) is 6.92 Å². The van der Waals surface area contributed by atoms with Gasteiger partial charge < -0.3 is 10.0 Å². The molecule has 1 aromatic heterocycles. The molecular formula is C14H21N3O2. The smallest absolute Gasteiger partial charge is 0.354 e. The number of carboxylic acid groups (broad SMARTS) is 1. The predicted octanol–water partition coefficient (Wildman–Crippen LogP) is 2.50. The van der Waals surface area contributed by atoms with Crippen molar-refractivity contribution in [2.45, 2.75) is 39.5 Å². The second-order valence-electron chi connectivity index (χ2n) is 5.22. The van der Waals surface area contributed by atoms with Gasteiger partial charge >= 0.3 is 5.97 Å². The van der Waals surface area contributed by atoms with Gasteiger partial charge in [0.1, 0.15) is 0 Å². The average molecular weight is 263 g/mol. The van der Waals surface area contributed by atoms with Crippen LogP contribution in [0.5, 0.6) is 0 Å². The third kappa shape index (κ3) is 3.43. The van der Waals surface area contributed by atoms with Crippen molar-refractivity contribution >= 4 is 11.9 Å². The van der Waals surface area contributed by atoms with E-state index >= 15 is 0 Å². The van der Waals surface area contributed by atoms with Gasteiger partial charge in [-0.25, -0.2) is 14.8 Å². The fourth-order valence-electron chi connectivity index (χ4n) is 2.63. The number of anilines is 1. The van der Waals surface area contributed by atoms with Crippen molar-refractivity contribution in [1.29, 1.82) is 0 Å². The standard InChI is InChI=1S/C14H21N3O2/c1-3-4-11-5-7-17(8-6-11)14-15-10(2)9-12(16-14)13(18)19/h9,11H,3-8H2,1-2H3,(H,18,19). The zero-order valence-corrected chi connectivity index (χ0v) is 11.6. The molecule has 1 fully saturated rings. The summed E-state index contributed by atoms with van der Waals surface area (Å²) in [5, 5.41) is 9.04. The Balaban J connectivity index is 2.09. The molecule has 0 radical (unpaired) electrons. The summed E-state index contributed by atoms with van der Waals surface area (Å²) < 4.78 is 0. The van der Waals surface area contributed by atoms with Crippen LogP contribution in [0.2, 0.25) is 0 Å².